The highest BCUT2D eigenvalue weighted by Gasteiger charge is 2.50. The summed E-state index contributed by atoms with van der Waals surface area (Å²) in [6, 6.07) is 7.51. The molecule has 1 aromatic rings. The molecule has 116 valence electrons. The molecular weight excluding hydrogens is 290 g/mol. The van der Waals surface area contributed by atoms with Gasteiger partial charge >= 0.3 is 0 Å². The molecule has 5 nitrogen and oxygen atoms in total. The Hall–Kier alpha value is -1.27. The molecule has 2 bridgehead atoms. The number of methoxy groups -OCH3 is 1. The Kier molecular flexibility index (Phi) is 3.84. The van der Waals surface area contributed by atoms with Gasteiger partial charge in [0, 0.05) is 6.04 Å². The lowest BCUT2D eigenvalue weighted by atomic mass is 10.0. The second-order valence-corrected chi connectivity index (χ2v) is 7.76. The van der Waals surface area contributed by atoms with E-state index in [0.717, 1.165) is 30.8 Å². The molecule has 21 heavy (non-hydrogen) atoms. The predicted molar refractivity (Wildman–Crippen MR) is 80.1 cm³/mol. The molecule has 0 aromatic heterocycles. The molecule has 0 spiro atoms. The molecule has 0 unspecified atom stereocenters. The summed E-state index contributed by atoms with van der Waals surface area (Å²) in [4.78, 5) is 0. The van der Waals surface area contributed by atoms with Gasteiger partial charge in [-0.05, 0) is 49.4 Å². The van der Waals surface area contributed by atoms with Crippen LogP contribution < -0.4 is 9.47 Å². The van der Waals surface area contributed by atoms with Crippen LogP contribution in [-0.2, 0) is 10.0 Å². The Morgan fingerprint density at radius 1 is 1.19 bits per heavy atom. The number of benzene rings is 1. The number of hydrogen-bond acceptors (Lipinski definition) is 4. The molecule has 0 amide bonds. The minimum Gasteiger partial charge on any atom is -0.497 e. The number of fused-ring (bicyclic) bond motifs is 2. The van der Waals surface area contributed by atoms with Crippen molar-refractivity contribution in [2.24, 2.45) is 5.92 Å². The van der Waals surface area contributed by atoms with Crippen molar-refractivity contribution >= 4 is 10.0 Å². The average Bonchev–Trinajstić information content (AvgIpc) is 3.05. The Bertz CT molecular complexity index is 599. The van der Waals surface area contributed by atoms with E-state index in [1.165, 1.54) is 6.26 Å². The van der Waals surface area contributed by atoms with Crippen LogP contribution in [0.25, 0.3) is 0 Å². The first-order chi connectivity index (χ1) is 9.99. The lowest BCUT2D eigenvalue weighted by molar-refractivity contribution is 0.163. The Morgan fingerprint density at radius 2 is 1.86 bits per heavy atom. The fourth-order valence-electron chi connectivity index (χ4n) is 3.63. The van der Waals surface area contributed by atoms with Crippen LogP contribution in [0.15, 0.2) is 24.3 Å². The highest BCUT2D eigenvalue weighted by molar-refractivity contribution is 7.88. The zero-order chi connectivity index (χ0) is 15.0. The van der Waals surface area contributed by atoms with E-state index in [0.29, 0.717) is 12.5 Å². The molecule has 0 N–H and O–H groups in total. The van der Waals surface area contributed by atoms with E-state index in [-0.39, 0.29) is 12.1 Å². The third-order valence-corrected chi connectivity index (χ3v) is 5.87. The van der Waals surface area contributed by atoms with Gasteiger partial charge in [0.05, 0.1) is 19.4 Å². The minimum absolute atomic E-state index is 0.0270. The monoisotopic (exact) mass is 311 g/mol. The summed E-state index contributed by atoms with van der Waals surface area (Å²) < 4.78 is 36.5. The van der Waals surface area contributed by atoms with Gasteiger partial charge in [0.1, 0.15) is 18.1 Å². The molecule has 1 saturated heterocycles. The first-order valence-electron chi connectivity index (χ1n) is 7.24. The molecule has 1 aliphatic carbocycles. The van der Waals surface area contributed by atoms with Gasteiger partial charge in [0.15, 0.2) is 0 Å². The molecule has 3 rings (SSSR count). The first kappa shape index (κ1) is 14.7. The topological polar surface area (TPSA) is 55.8 Å². The fraction of sp³-hybridized carbons (Fsp3) is 0.600. The molecule has 1 saturated carbocycles. The number of piperidine rings is 1. The lowest BCUT2D eigenvalue weighted by Crippen LogP contribution is -2.47. The second-order valence-electron chi connectivity index (χ2n) is 5.87. The van der Waals surface area contributed by atoms with Crippen molar-refractivity contribution in [3.05, 3.63) is 24.3 Å². The summed E-state index contributed by atoms with van der Waals surface area (Å²) in [6.45, 7) is 0.417. The second kappa shape index (κ2) is 5.50. The summed E-state index contributed by atoms with van der Waals surface area (Å²) >= 11 is 0. The van der Waals surface area contributed by atoms with Crippen molar-refractivity contribution in [3.63, 3.8) is 0 Å². The van der Waals surface area contributed by atoms with Gasteiger partial charge in [0.25, 0.3) is 0 Å². The third kappa shape index (κ3) is 2.87. The molecular formula is C15H21NO4S. The largest absolute Gasteiger partial charge is 0.497 e. The Labute approximate surface area is 125 Å². The van der Waals surface area contributed by atoms with E-state index in [1.807, 2.05) is 24.3 Å². The van der Waals surface area contributed by atoms with Crippen LogP contribution in [0.4, 0.5) is 0 Å². The smallest absolute Gasteiger partial charge is 0.211 e. The zero-order valence-corrected chi connectivity index (χ0v) is 13.2. The lowest BCUT2D eigenvalue weighted by Gasteiger charge is -2.33. The van der Waals surface area contributed by atoms with Gasteiger partial charge in [-0.3, -0.25) is 0 Å². The maximum atomic E-state index is 12.0. The molecule has 6 heteroatoms. The SMILES string of the molecule is COc1ccc(OC[C@H]2[C@@H]3CC[C@H](C3)N2S(C)(=O)=O)cc1. The molecule has 1 aromatic carbocycles. The number of sulfonamides is 1. The van der Waals surface area contributed by atoms with Crippen LogP contribution in [0.2, 0.25) is 0 Å². The molecule has 3 atom stereocenters. The van der Waals surface area contributed by atoms with Crippen molar-refractivity contribution in [1.82, 2.24) is 4.31 Å². The Morgan fingerprint density at radius 3 is 2.48 bits per heavy atom. The van der Waals surface area contributed by atoms with Gasteiger partial charge in [-0.15, -0.1) is 0 Å². The van der Waals surface area contributed by atoms with E-state index in [4.69, 9.17) is 9.47 Å². The van der Waals surface area contributed by atoms with Crippen molar-refractivity contribution in [1.29, 1.82) is 0 Å². The maximum absolute atomic E-state index is 12.0. The molecule has 2 fully saturated rings. The van der Waals surface area contributed by atoms with Crippen molar-refractivity contribution in [2.75, 3.05) is 20.0 Å². The van der Waals surface area contributed by atoms with Crippen LogP contribution >= 0.6 is 0 Å². The first-order valence-corrected chi connectivity index (χ1v) is 9.09. The predicted octanol–water partition coefficient (Wildman–Crippen LogP) is 1.89. The van der Waals surface area contributed by atoms with E-state index >= 15 is 0 Å². The van der Waals surface area contributed by atoms with Gasteiger partial charge < -0.3 is 9.47 Å². The van der Waals surface area contributed by atoms with E-state index in [1.54, 1.807) is 11.4 Å². The van der Waals surface area contributed by atoms with Gasteiger partial charge in [-0.25, -0.2) is 8.42 Å². The number of hydrogen-bond donors (Lipinski definition) is 0. The molecule has 1 aliphatic heterocycles. The summed E-state index contributed by atoms with van der Waals surface area (Å²) in [5.74, 6) is 1.95. The van der Waals surface area contributed by atoms with Gasteiger partial charge in [-0.1, -0.05) is 0 Å². The number of ether oxygens (including phenoxy) is 2. The highest BCUT2D eigenvalue weighted by atomic mass is 32.2. The third-order valence-electron chi connectivity index (χ3n) is 4.54. The fourth-order valence-corrected chi connectivity index (χ4v) is 5.09. The Balaban J connectivity index is 1.68. The summed E-state index contributed by atoms with van der Waals surface area (Å²) in [7, 11) is -1.54. The van der Waals surface area contributed by atoms with Crippen LogP contribution in [0.5, 0.6) is 11.5 Å². The van der Waals surface area contributed by atoms with Crippen LogP contribution in [0, 0.1) is 5.92 Å². The van der Waals surface area contributed by atoms with Gasteiger partial charge in [0.2, 0.25) is 10.0 Å². The standard InChI is InChI=1S/C15H21NO4S/c1-19-13-5-7-14(8-6-13)20-10-15-11-3-4-12(9-11)16(15)21(2,17)18/h5-8,11-12,15H,3-4,9-10H2,1-2H3/t11-,12-,15+/m1/s1. The van der Waals surface area contributed by atoms with Crippen molar-refractivity contribution in [2.45, 2.75) is 31.3 Å². The van der Waals surface area contributed by atoms with Crippen LogP contribution in [0.1, 0.15) is 19.3 Å². The molecule has 0 radical (unpaired) electrons. The van der Waals surface area contributed by atoms with Crippen LogP contribution in [-0.4, -0.2) is 44.8 Å². The summed E-state index contributed by atoms with van der Waals surface area (Å²) in [5, 5.41) is 0. The minimum atomic E-state index is -3.16. The summed E-state index contributed by atoms with van der Waals surface area (Å²) in [6.07, 6.45) is 4.36. The highest BCUT2D eigenvalue weighted by Crippen LogP contribution is 2.43. The van der Waals surface area contributed by atoms with Gasteiger partial charge in [-0.2, -0.15) is 4.31 Å². The zero-order valence-electron chi connectivity index (χ0n) is 12.4. The van der Waals surface area contributed by atoms with E-state index in [2.05, 4.69) is 0 Å². The summed E-state index contributed by atoms with van der Waals surface area (Å²) in [5.41, 5.74) is 0. The molecule has 1 heterocycles. The average molecular weight is 311 g/mol. The quantitative estimate of drug-likeness (QED) is 0.833. The van der Waals surface area contributed by atoms with Crippen LogP contribution in [0.3, 0.4) is 0 Å². The normalized spacial score (nSPS) is 28.8. The van der Waals surface area contributed by atoms with E-state index < -0.39 is 10.0 Å². The van der Waals surface area contributed by atoms with E-state index in [9.17, 15) is 8.42 Å². The number of rotatable bonds is 5. The van der Waals surface area contributed by atoms with Crippen molar-refractivity contribution < 1.29 is 17.9 Å². The number of nitrogens with zero attached hydrogens (tertiary/aromatic N) is 1. The maximum Gasteiger partial charge on any atom is 0.211 e. The molecule has 2 aliphatic rings. The van der Waals surface area contributed by atoms with Crippen molar-refractivity contribution in [3.8, 4) is 11.5 Å².